The van der Waals surface area contributed by atoms with Gasteiger partial charge in [-0.3, -0.25) is 0 Å². The highest BCUT2D eigenvalue weighted by atomic mass is 16.3. The van der Waals surface area contributed by atoms with E-state index >= 15 is 0 Å². The number of hydrogen-bond donors (Lipinski definition) is 0. The monoisotopic (exact) mass is 511 g/mol. The predicted molar refractivity (Wildman–Crippen MR) is 161 cm³/mol. The maximum Gasteiger partial charge on any atom is 0.148 e. The van der Waals surface area contributed by atoms with Crippen LogP contribution in [0.1, 0.15) is 5.69 Å². The van der Waals surface area contributed by atoms with E-state index in [0.29, 0.717) is 5.69 Å². The Balaban J connectivity index is 1.43. The van der Waals surface area contributed by atoms with Crippen molar-refractivity contribution in [3.63, 3.8) is 0 Å². The summed E-state index contributed by atoms with van der Waals surface area (Å²) in [5.74, 6) is 0. The van der Waals surface area contributed by atoms with Crippen LogP contribution in [0.15, 0.2) is 132 Å². The van der Waals surface area contributed by atoms with Crippen molar-refractivity contribution in [3.05, 3.63) is 133 Å². The van der Waals surface area contributed by atoms with E-state index < -0.39 is 0 Å². The first kappa shape index (κ1) is 22.3. The number of aromatic nitrogens is 2. The average molecular weight is 512 g/mol. The third kappa shape index (κ3) is 3.22. The Hall–Kier alpha value is -5.66. The summed E-state index contributed by atoms with van der Waals surface area (Å²) in [6.07, 6.45) is 1.66. The average Bonchev–Trinajstić information content (AvgIpc) is 3.56. The SMILES string of the molecule is N#Cc1ncccc1-c1cccc(-c2ccccc2-n2c3ccccc3c3c4c(ccc32)oc2ccccc24)c1. The quantitative estimate of drug-likeness (QED) is 0.237. The van der Waals surface area contributed by atoms with Crippen LogP contribution in [-0.4, -0.2) is 9.55 Å². The molecule has 4 nitrogen and oxygen atoms in total. The fraction of sp³-hybridized carbons (Fsp3) is 0. The lowest BCUT2D eigenvalue weighted by Gasteiger charge is -2.15. The Kier molecular flexibility index (Phi) is 4.85. The zero-order valence-corrected chi connectivity index (χ0v) is 21.4. The summed E-state index contributed by atoms with van der Waals surface area (Å²) >= 11 is 0. The van der Waals surface area contributed by atoms with Gasteiger partial charge in [0.1, 0.15) is 22.9 Å². The Bertz CT molecular complexity index is 2300. The maximum atomic E-state index is 9.64. The number of hydrogen-bond acceptors (Lipinski definition) is 3. The Labute approximate surface area is 230 Å². The third-order valence-corrected chi connectivity index (χ3v) is 7.72. The van der Waals surface area contributed by atoms with Crippen LogP contribution in [0, 0.1) is 11.3 Å². The van der Waals surface area contributed by atoms with Gasteiger partial charge in [-0.2, -0.15) is 5.26 Å². The second-order valence-electron chi connectivity index (χ2n) is 9.89. The molecule has 0 N–H and O–H groups in total. The third-order valence-electron chi connectivity index (χ3n) is 7.72. The van der Waals surface area contributed by atoms with Crippen molar-refractivity contribution >= 4 is 43.7 Å². The lowest BCUT2D eigenvalue weighted by atomic mass is 9.97. The Morgan fingerprint density at radius 2 is 1.35 bits per heavy atom. The van der Waals surface area contributed by atoms with Gasteiger partial charge in [0.15, 0.2) is 0 Å². The zero-order valence-electron chi connectivity index (χ0n) is 21.4. The van der Waals surface area contributed by atoms with Crippen molar-refractivity contribution in [2.45, 2.75) is 0 Å². The van der Waals surface area contributed by atoms with E-state index in [2.05, 4.69) is 101 Å². The van der Waals surface area contributed by atoms with Gasteiger partial charge in [0, 0.05) is 38.9 Å². The number of nitriles is 1. The minimum Gasteiger partial charge on any atom is -0.456 e. The molecule has 0 saturated heterocycles. The van der Waals surface area contributed by atoms with Crippen LogP contribution in [0.25, 0.3) is 71.7 Å². The van der Waals surface area contributed by atoms with E-state index in [1.54, 1.807) is 6.20 Å². The molecule has 8 aromatic rings. The van der Waals surface area contributed by atoms with Crippen molar-refractivity contribution in [1.29, 1.82) is 5.26 Å². The first-order valence-electron chi connectivity index (χ1n) is 13.2. The molecule has 8 rings (SSSR count). The summed E-state index contributed by atoms with van der Waals surface area (Å²) in [5, 5.41) is 14.3. The van der Waals surface area contributed by atoms with Crippen LogP contribution in [0.5, 0.6) is 0 Å². The Morgan fingerprint density at radius 3 is 2.25 bits per heavy atom. The highest BCUT2D eigenvalue weighted by Gasteiger charge is 2.20. The number of para-hydroxylation sites is 3. The van der Waals surface area contributed by atoms with Gasteiger partial charge >= 0.3 is 0 Å². The van der Waals surface area contributed by atoms with Crippen molar-refractivity contribution in [3.8, 4) is 34.0 Å². The second kappa shape index (κ2) is 8.69. The smallest absolute Gasteiger partial charge is 0.148 e. The number of pyridine rings is 1. The summed E-state index contributed by atoms with van der Waals surface area (Å²) in [6, 6.07) is 44.0. The van der Waals surface area contributed by atoms with Gasteiger partial charge in [-0.25, -0.2) is 4.98 Å². The van der Waals surface area contributed by atoms with E-state index in [1.165, 1.54) is 10.8 Å². The van der Waals surface area contributed by atoms with Gasteiger partial charge in [0.25, 0.3) is 0 Å². The van der Waals surface area contributed by atoms with E-state index in [4.69, 9.17) is 4.42 Å². The molecular weight excluding hydrogens is 490 g/mol. The molecule has 0 bridgehead atoms. The summed E-state index contributed by atoms with van der Waals surface area (Å²) in [5.41, 5.74) is 9.53. The molecule has 0 saturated carbocycles. The highest BCUT2D eigenvalue weighted by molar-refractivity contribution is 6.27. The van der Waals surface area contributed by atoms with Gasteiger partial charge in [0.05, 0.1) is 16.7 Å². The van der Waals surface area contributed by atoms with Crippen LogP contribution in [0.2, 0.25) is 0 Å². The van der Waals surface area contributed by atoms with Crippen molar-refractivity contribution in [1.82, 2.24) is 9.55 Å². The number of nitrogens with zero attached hydrogens (tertiary/aromatic N) is 3. The first-order valence-corrected chi connectivity index (χ1v) is 13.2. The molecule has 4 heteroatoms. The molecule has 3 heterocycles. The number of rotatable bonds is 3. The zero-order chi connectivity index (χ0) is 26.6. The molecule has 0 atom stereocenters. The normalized spacial score (nSPS) is 11.5. The van der Waals surface area contributed by atoms with Crippen molar-refractivity contribution in [2.75, 3.05) is 0 Å². The van der Waals surface area contributed by atoms with Crippen molar-refractivity contribution in [2.24, 2.45) is 0 Å². The number of benzene rings is 5. The van der Waals surface area contributed by atoms with Gasteiger partial charge in [-0.05, 0) is 59.7 Å². The van der Waals surface area contributed by atoms with Gasteiger partial charge < -0.3 is 8.98 Å². The van der Waals surface area contributed by atoms with Gasteiger partial charge in [0.2, 0.25) is 0 Å². The molecule has 0 aliphatic rings. The standard InChI is InChI=1S/C36H21N3O/c37-22-29-25(14-8-20-38-29)23-9-7-10-24(21-23)26-11-1-4-15-30(26)39-31-16-5-2-12-27(31)35-32(39)18-19-34-36(35)28-13-3-6-17-33(28)40-34/h1-21H. The van der Waals surface area contributed by atoms with Gasteiger partial charge in [-0.1, -0.05) is 72.8 Å². The van der Waals surface area contributed by atoms with Crippen LogP contribution < -0.4 is 0 Å². The summed E-state index contributed by atoms with van der Waals surface area (Å²) in [4.78, 5) is 4.27. The van der Waals surface area contributed by atoms with Crippen LogP contribution in [0.3, 0.4) is 0 Å². The minimum absolute atomic E-state index is 0.423. The molecular formula is C36H21N3O. The van der Waals surface area contributed by atoms with E-state index in [1.807, 2.05) is 36.4 Å². The highest BCUT2D eigenvalue weighted by Crippen LogP contribution is 2.42. The lowest BCUT2D eigenvalue weighted by molar-refractivity contribution is 0.669. The second-order valence-corrected chi connectivity index (χ2v) is 9.89. The van der Waals surface area contributed by atoms with E-state index in [9.17, 15) is 5.26 Å². The number of furan rings is 1. The fourth-order valence-electron chi connectivity index (χ4n) is 6.03. The molecule has 40 heavy (non-hydrogen) atoms. The first-order chi connectivity index (χ1) is 19.8. The van der Waals surface area contributed by atoms with Crippen LogP contribution in [-0.2, 0) is 0 Å². The van der Waals surface area contributed by atoms with Crippen molar-refractivity contribution < 1.29 is 4.42 Å². The molecule has 0 unspecified atom stereocenters. The Morgan fingerprint density at radius 1 is 0.600 bits per heavy atom. The van der Waals surface area contributed by atoms with E-state index in [0.717, 1.165) is 60.9 Å². The molecule has 0 amide bonds. The molecule has 3 aromatic heterocycles. The van der Waals surface area contributed by atoms with Gasteiger partial charge in [-0.15, -0.1) is 0 Å². The van der Waals surface area contributed by atoms with Crippen LogP contribution in [0.4, 0.5) is 0 Å². The molecule has 186 valence electrons. The topological polar surface area (TPSA) is 54.8 Å². The predicted octanol–water partition coefficient (Wildman–Crippen LogP) is 9.28. The van der Waals surface area contributed by atoms with Crippen LogP contribution >= 0.6 is 0 Å². The number of fused-ring (bicyclic) bond motifs is 7. The largest absolute Gasteiger partial charge is 0.456 e. The molecule has 0 radical (unpaired) electrons. The lowest BCUT2D eigenvalue weighted by Crippen LogP contribution is -1.97. The molecule has 0 aliphatic heterocycles. The molecule has 5 aromatic carbocycles. The molecule has 0 fully saturated rings. The fourth-order valence-corrected chi connectivity index (χ4v) is 6.03. The summed E-state index contributed by atoms with van der Waals surface area (Å²) in [6.45, 7) is 0. The maximum absolute atomic E-state index is 9.64. The molecule has 0 aliphatic carbocycles. The minimum atomic E-state index is 0.423. The van der Waals surface area contributed by atoms with E-state index in [-0.39, 0.29) is 0 Å². The summed E-state index contributed by atoms with van der Waals surface area (Å²) < 4.78 is 8.61. The molecule has 0 spiro atoms. The summed E-state index contributed by atoms with van der Waals surface area (Å²) in [7, 11) is 0.